The predicted octanol–water partition coefficient (Wildman–Crippen LogP) is 2.67. The summed E-state index contributed by atoms with van der Waals surface area (Å²) in [7, 11) is 3.15. The Morgan fingerprint density at radius 2 is 1.65 bits per heavy atom. The van der Waals surface area contributed by atoms with Gasteiger partial charge >= 0.3 is 0 Å². The number of nitriles is 1. The molecule has 1 unspecified atom stereocenters. The van der Waals surface area contributed by atoms with E-state index in [0.29, 0.717) is 26.3 Å². The summed E-state index contributed by atoms with van der Waals surface area (Å²) in [6, 6.07) is 26.1. The Morgan fingerprint density at radius 3 is 2.25 bits per heavy atom. The third-order valence-corrected chi connectivity index (χ3v) is 7.78. The minimum Gasteiger partial charge on any atom is -0.497 e. The number of amides is 1. The first-order valence-electron chi connectivity index (χ1n) is 12.4. The summed E-state index contributed by atoms with van der Waals surface area (Å²) in [6.07, 6.45) is 1.74. The van der Waals surface area contributed by atoms with Crippen molar-refractivity contribution >= 4 is 34.7 Å². The number of rotatable bonds is 7. The number of carbonyl (C=O) groups is 1. The molecule has 1 aliphatic heterocycles. The Labute approximate surface area is 234 Å². The number of nitrogens with two attached hydrogens (primary N) is 1. The third kappa shape index (κ3) is 5.00. The molecule has 8 nitrogen and oxygen atoms in total. The van der Waals surface area contributed by atoms with Crippen LogP contribution in [-0.2, 0) is 11.3 Å². The SMILES string of the molecule is COc1ccc(/C=c2\sc3n(c2=O)C(N)=C(C#N)C(c2ccc(OC)cc2)C=3C(=O)NCc2ccccc2)cc1. The van der Waals surface area contributed by atoms with E-state index in [0.717, 1.165) is 22.5 Å². The lowest BCUT2D eigenvalue weighted by Gasteiger charge is -2.25. The number of nitrogens with one attached hydrogen (secondary N) is 1. The maximum atomic E-state index is 13.9. The van der Waals surface area contributed by atoms with Gasteiger partial charge in [-0.3, -0.25) is 14.2 Å². The van der Waals surface area contributed by atoms with Gasteiger partial charge in [-0.05, 0) is 47.0 Å². The van der Waals surface area contributed by atoms with E-state index >= 15 is 0 Å². The fraction of sp³-hybridized carbons (Fsp3) is 0.129. The monoisotopic (exact) mass is 550 g/mol. The van der Waals surface area contributed by atoms with Crippen LogP contribution >= 0.6 is 11.3 Å². The highest BCUT2D eigenvalue weighted by atomic mass is 32.1. The van der Waals surface area contributed by atoms with Gasteiger partial charge in [0.05, 0.1) is 41.9 Å². The fourth-order valence-electron chi connectivity index (χ4n) is 4.62. The average Bonchev–Trinajstić information content (AvgIpc) is 3.32. The molecule has 3 N–H and O–H groups in total. The number of carbonyl (C=O) groups excluding carboxylic acids is 1. The van der Waals surface area contributed by atoms with Gasteiger partial charge < -0.3 is 20.5 Å². The fourth-order valence-corrected chi connectivity index (χ4v) is 5.80. The van der Waals surface area contributed by atoms with Crippen molar-refractivity contribution in [1.29, 1.82) is 5.26 Å². The normalized spacial score (nSPS) is 14.9. The van der Waals surface area contributed by atoms with Crippen LogP contribution in [0.25, 0.3) is 17.5 Å². The van der Waals surface area contributed by atoms with E-state index in [1.54, 1.807) is 56.7 Å². The molecule has 2 heterocycles. The van der Waals surface area contributed by atoms with Crippen LogP contribution in [0.15, 0.2) is 89.2 Å². The van der Waals surface area contributed by atoms with E-state index in [-0.39, 0.29) is 23.5 Å². The number of nitrogens with zero attached hydrogens (tertiary/aromatic N) is 2. The maximum Gasteiger partial charge on any atom is 0.274 e. The van der Waals surface area contributed by atoms with Crippen molar-refractivity contribution in [2.45, 2.75) is 12.5 Å². The van der Waals surface area contributed by atoms with Gasteiger partial charge in [0.25, 0.3) is 11.5 Å². The van der Waals surface area contributed by atoms with Crippen molar-refractivity contribution in [3.05, 3.63) is 121 Å². The van der Waals surface area contributed by atoms with E-state index in [4.69, 9.17) is 15.2 Å². The first-order valence-corrected chi connectivity index (χ1v) is 13.2. The van der Waals surface area contributed by atoms with Gasteiger partial charge in [0, 0.05) is 6.54 Å². The van der Waals surface area contributed by atoms with Crippen molar-refractivity contribution in [2.24, 2.45) is 5.73 Å². The molecule has 200 valence electrons. The van der Waals surface area contributed by atoms with Crippen molar-refractivity contribution in [3.8, 4) is 17.6 Å². The van der Waals surface area contributed by atoms with Crippen LogP contribution in [0.4, 0.5) is 0 Å². The molecule has 0 fully saturated rings. The van der Waals surface area contributed by atoms with Gasteiger partial charge in [-0.2, -0.15) is 5.26 Å². The lowest BCUT2D eigenvalue weighted by molar-refractivity contribution is -0.116. The second kappa shape index (κ2) is 11.4. The number of ether oxygens (including phenoxy) is 2. The second-order valence-corrected chi connectivity index (χ2v) is 10.1. The minimum absolute atomic E-state index is 0.00792. The molecule has 1 atom stereocenters. The number of hydrogen-bond donors (Lipinski definition) is 2. The standard InChI is InChI=1S/C31H26N4O4S/c1-38-22-12-8-19(9-13-22)16-25-30(37)35-28(33)24(17-32)26(21-10-14-23(39-2)15-11-21)27(31(35)40-25)29(36)34-18-20-6-4-3-5-7-20/h3-16,26H,18,33H2,1-2H3,(H,34,36)/b25-16-. The van der Waals surface area contributed by atoms with E-state index in [2.05, 4.69) is 11.4 Å². The molecule has 0 radical (unpaired) electrons. The first-order chi connectivity index (χ1) is 19.4. The second-order valence-electron chi connectivity index (χ2n) is 9.03. The Bertz CT molecular complexity index is 1810. The van der Waals surface area contributed by atoms with Crippen molar-refractivity contribution < 1.29 is 14.3 Å². The molecule has 1 amide bonds. The molecule has 0 saturated heterocycles. The summed E-state index contributed by atoms with van der Waals surface area (Å²) in [5.74, 6) is 0.163. The number of methoxy groups -OCH3 is 2. The number of benzene rings is 3. The van der Waals surface area contributed by atoms with Crippen molar-refractivity contribution in [2.75, 3.05) is 14.2 Å². The summed E-state index contributed by atoms with van der Waals surface area (Å²) < 4.78 is 12.6. The average molecular weight is 551 g/mol. The van der Waals surface area contributed by atoms with Gasteiger partial charge in [0.1, 0.15) is 22.0 Å². The maximum absolute atomic E-state index is 13.9. The topological polar surface area (TPSA) is 119 Å². The smallest absolute Gasteiger partial charge is 0.274 e. The van der Waals surface area contributed by atoms with Crippen LogP contribution in [0.5, 0.6) is 11.5 Å². The van der Waals surface area contributed by atoms with E-state index in [9.17, 15) is 14.9 Å². The number of aromatic nitrogens is 1. The van der Waals surface area contributed by atoms with Gasteiger partial charge in [0.15, 0.2) is 0 Å². The lowest BCUT2D eigenvalue weighted by Crippen LogP contribution is -2.41. The summed E-state index contributed by atoms with van der Waals surface area (Å²) in [5, 5.41) is 13.2. The summed E-state index contributed by atoms with van der Waals surface area (Å²) >= 11 is 1.16. The molecule has 0 aliphatic carbocycles. The summed E-state index contributed by atoms with van der Waals surface area (Å²) in [4.78, 5) is 27.5. The Balaban J connectivity index is 1.72. The number of thiazole rings is 1. The highest BCUT2D eigenvalue weighted by Crippen LogP contribution is 2.36. The predicted molar refractivity (Wildman–Crippen MR) is 155 cm³/mol. The van der Waals surface area contributed by atoms with Crippen LogP contribution in [-0.4, -0.2) is 24.7 Å². The Morgan fingerprint density at radius 1 is 1.02 bits per heavy atom. The number of hydrogen-bond acceptors (Lipinski definition) is 7. The molecule has 1 aromatic heterocycles. The molecule has 3 aromatic carbocycles. The number of allylic oxidation sites excluding steroid dienone is 1. The molecule has 5 rings (SSSR count). The largest absolute Gasteiger partial charge is 0.497 e. The zero-order chi connectivity index (χ0) is 28.2. The molecule has 0 bridgehead atoms. The van der Waals surface area contributed by atoms with Gasteiger partial charge in [-0.15, -0.1) is 11.3 Å². The molecule has 1 aliphatic rings. The van der Waals surface area contributed by atoms with Crippen molar-refractivity contribution in [1.82, 2.24) is 9.88 Å². The molecule has 4 aromatic rings. The van der Waals surface area contributed by atoms with E-state index < -0.39 is 17.4 Å². The van der Waals surface area contributed by atoms with Gasteiger partial charge in [0.2, 0.25) is 0 Å². The zero-order valence-electron chi connectivity index (χ0n) is 21.9. The molecule has 0 spiro atoms. The van der Waals surface area contributed by atoms with Crippen molar-refractivity contribution in [3.63, 3.8) is 0 Å². The molecule has 0 saturated carbocycles. The molecule has 9 heteroatoms. The quantitative estimate of drug-likeness (QED) is 0.365. The molecular weight excluding hydrogens is 524 g/mol. The van der Waals surface area contributed by atoms with Crippen LogP contribution in [0.2, 0.25) is 0 Å². The zero-order valence-corrected chi connectivity index (χ0v) is 22.7. The Hall–Kier alpha value is -5.07. The highest BCUT2D eigenvalue weighted by Gasteiger charge is 2.35. The van der Waals surface area contributed by atoms with Gasteiger partial charge in [-0.25, -0.2) is 0 Å². The lowest BCUT2D eigenvalue weighted by atomic mass is 9.83. The van der Waals surface area contributed by atoms with Crippen LogP contribution in [0.1, 0.15) is 22.6 Å². The highest BCUT2D eigenvalue weighted by molar-refractivity contribution is 7.07. The van der Waals surface area contributed by atoms with E-state index in [1.165, 1.54) is 4.57 Å². The van der Waals surface area contributed by atoms with Crippen LogP contribution in [0.3, 0.4) is 0 Å². The van der Waals surface area contributed by atoms with Crippen LogP contribution in [0, 0.1) is 11.3 Å². The third-order valence-electron chi connectivity index (χ3n) is 6.67. The molecular formula is C31H26N4O4S. The van der Waals surface area contributed by atoms with E-state index in [1.807, 2.05) is 42.5 Å². The Kier molecular flexibility index (Phi) is 7.53. The van der Waals surface area contributed by atoms with Gasteiger partial charge in [-0.1, -0.05) is 54.6 Å². The number of fused-ring (bicyclic) bond motifs is 1. The van der Waals surface area contributed by atoms with Crippen LogP contribution < -0.4 is 35.3 Å². The minimum atomic E-state index is -0.779. The summed E-state index contributed by atoms with van der Waals surface area (Å²) in [5.41, 5.74) is 8.86. The first kappa shape index (κ1) is 26.5. The molecule has 40 heavy (non-hydrogen) atoms. The summed E-state index contributed by atoms with van der Waals surface area (Å²) in [6.45, 7) is 0.278.